The van der Waals surface area contributed by atoms with Crippen molar-refractivity contribution in [2.75, 3.05) is 0 Å². The lowest BCUT2D eigenvalue weighted by Gasteiger charge is -2.15. The largest absolute Gasteiger partial charge is 0.494 e. The Kier molecular flexibility index (Phi) is 3.99. The van der Waals surface area contributed by atoms with E-state index in [1.807, 2.05) is 0 Å². The average Bonchev–Trinajstić information content (AvgIpc) is 2.40. The van der Waals surface area contributed by atoms with Gasteiger partial charge in [-0.15, -0.1) is 0 Å². The molecule has 1 aromatic heterocycles. The first kappa shape index (κ1) is 15.0. The van der Waals surface area contributed by atoms with E-state index in [0.717, 1.165) is 4.57 Å². The van der Waals surface area contributed by atoms with Crippen LogP contribution in [-0.4, -0.2) is 20.6 Å². The molecule has 21 heavy (non-hydrogen) atoms. The third-order valence-electron chi connectivity index (χ3n) is 3.06. The van der Waals surface area contributed by atoms with E-state index in [0.29, 0.717) is 10.0 Å². The molecule has 1 atom stereocenters. The minimum atomic E-state index is -1.10. The molecule has 0 aliphatic carbocycles. The van der Waals surface area contributed by atoms with E-state index in [9.17, 15) is 19.5 Å². The number of benzene rings is 1. The fourth-order valence-corrected chi connectivity index (χ4v) is 2.41. The molecule has 0 aliphatic rings. The van der Waals surface area contributed by atoms with Crippen LogP contribution in [0.3, 0.4) is 0 Å². The van der Waals surface area contributed by atoms with Gasteiger partial charge >= 0.3 is 5.69 Å². The number of nitrogens with one attached hydrogen (secondary N) is 1. The van der Waals surface area contributed by atoms with Crippen LogP contribution in [0, 0.1) is 0 Å². The van der Waals surface area contributed by atoms with Crippen LogP contribution in [0.15, 0.2) is 38.3 Å². The zero-order valence-corrected chi connectivity index (χ0v) is 12.5. The Labute approximate surface area is 127 Å². The lowest BCUT2D eigenvalue weighted by atomic mass is 10.1. The minimum absolute atomic E-state index is 0.116. The van der Waals surface area contributed by atoms with Crippen LogP contribution in [0.2, 0.25) is 0 Å². The molecule has 0 saturated heterocycles. The van der Waals surface area contributed by atoms with E-state index in [-0.39, 0.29) is 5.56 Å². The Bertz CT molecular complexity index is 825. The zero-order chi connectivity index (χ0) is 15.7. The number of carbonyl (C=O) groups is 1. The molecule has 110 valence electrons. The maximum Gasteiger partial charge on any atom is 0.331 e. The molecule has 0 aliphatic heterocycles. The maximum absolute atomic E-state index is 12.0. The van der Waals surface area contributed by atoms with Gasteiger partial charge in [0.05, 0.1) is 0 Å². The third kappa shape index (κ3) is 2.62. The molecular formula is C13H12BrN3O4. The van der Waals surface area contributed by atoms with Crippen molar-refractivity contribution in [3.63, 3.8) is 0 Å². The number of aromatic amines is 1. The molecule has 1 amide bonds. The number of primary amides is 1. The van der Waals surface area contributed by atoms with Crippen molar-refractivity contribution in [3.05, 3.63) is 49.6 Å². The summed E-state index contributed by atoms with van der Waals surface area (Å²) in [5, 5.41) is 10.3. The highest BCUT2D eigenvalue weighted by Gasteiger charge is 2.23. The highest BCUT2D eigenvalue weighted by molar-refractivity contribution is 9.10. The summed E-state index contributed by atoms with van der Waals surface area (Å²) in [7, 11) is 0. The number of aromatic nitrogens is 2. The third-order valence-corrected chi connectivity index (χ3v) is 3.75. The zero-order valence-electron chi connectivity index (χ0n) is 11.0. The van der Waals surface area contributed by atoms with Crippen molar-refractivity contribution in [1.29, 1.82) is 0 Å². The molecule has 1 unspecified atom stereocenters. The normalized spacial score (nSPS) is 12.1. The van der Waals surface area contributed by atoms with E-state index in [2.05, 4.69) is 20.9 Å². The Morgan fingerprint density at radius 2 is 2.00 bits per heavy atom. The molecule has 2 rings (SSSR count). The first-order valence-electron chi connectivity index (χ1n) is 5.96. The molecule has 7 nitrogen and oxygen atoms in total. The Balaban J connectivity index is 2.84. The van der Waals surface area contributed by atoms with Crippen molar-refractivity contribution in [2.24, 2.45) is 5.73 Å². The van der Waals surface area contributed by atoms with E-state index >= 15 is 0 Å². The Morgan fingerprint density at radius 1 is 1.38 bits per heavy atom. The number of nitrogens with zero attached hydrogens (tertiary/aromatic N) is 1. The molecule has 1 aromatic carbocycles. The smallest absolute Gasteiger partial charge is 0.331 e. The fraction of sp³-hybridized carbons (Fsp3) is 0.154. The fourth-order valence-electron chi connectivity index (χ4n) is 1.93. The molecule has 8 heteroatoms. The number of rotatable bonds is 3. The topological polar surface area (TPSA) is 118 Å². The summed E-state index contributed by atoms with van der Waals surface area (Å²) in [5.74, 6) is -1.42. The van der Waals surface area contributed by atoms with Gasteiger partial charge in [-0.3, -0.25) is 19.1 Å². The second kappa shape index (κ2) is 5.57. The summed E-state index contributed by atoms with van der Waals surface area (Å²) in [6.07, 6.45) is 0. The van der Waals surface area contributed by atoms with Crippen molar-refractivity contribution >= 4 is 21.8 Å². The van der Waals surface area contributed by atoms with Crippen LogP contribution in [0.1, 0.15) is 13.0 Å². The molecule has 0 saturated carbocycles. The molecule has 0 radical (unpaired) electrons. The van der Waals surface area contributed by atoms with Crippen LogP contribution in [0.25, 0.3) is 11.1 Å². The van der Waals surface area contributed by atoms with Crippen LogP contribution >= 0.6 is 15.9 Å². The summed E-state index contributed by atoms with van der Waals surface area (Å²) in [6, 6.07) is 5.59. The van der Waals surface area contributed by atoms with Gasteiger partial charge < -0.3 is 10.8 Å². The van der Waals surface area contributed by atoms with E-state index in [1.54, 1.807) is 24.3 Å². The monoisotopic (exact) mass is 353 g/mol. The van der Waals surface area contributed by atoms with Gasteiger partial charge in [-0.1, -0.05) is 34.1 Å². The van der Waals surface area contributed by atoms with Crippen LogP contribution in [0.4, 0.5) is 0 Å². The van der Waals surface area contributed by atoms with Crippen molar-refractivity contribution in [3.8, 4) is 17.0 Å². The summed E-state index contributed by atoms with van der Waals surface area (Å²) in [6.45, 7) is 1.35. The second-order valence-corrected chi connectivity index (χ2v) is 5.24. The van der Waals surface area contributed by atoms with Gasteiger partial charge in [0.15, 0.2) is 0 Å². The molecule has 0 bridgehead atoms. The van der Waals surface area contributed by atoms with Gasteiger partial charge in [-0.25, -0.2) is 4.79 Å². The molecule has 4 N–H and O–H groups in total. The van der Waals surface area contributed by atoms with Gasteiger partial charge in [0.25, 0.3) is 5.56 Å². The molecular weight excluding hydrogens is 342 g/mol. The predicted molar refractivity (Wildman–Crippen MR) is 80.0 cm³/mol. The first-order chi connectivity index (χ1) is 9.84. The SMILES string of the molecule is CC(C(N)=O)n1c(O)c(-c2ccccc2Br)c(=O)[nH]c1=O. The van der Waals surface area contributed by atoms with Crippen LogP contribution in [-0.2, 0) is 4.79 Å². The number of nitrogens with two attached hydrogens (primary N) is 1. The molecule has 1 heterocycles. The van der Waals surface area contributed by atoms with E-state index in [4.69, 9.17) is 5.73 Å². The summed E-state index contributed by atoms with van der Waals surface area (Å²) in [5.41, 5.74) is 3.77. The number of amides is 1. The van der Waals surface area contributed by atoms with Gasteiger partial charge in [0.1, 0.15) is 11.6 Å². The summed E-state index contributed by atoms with van der Waals surface area (Å²) in [4.78, 5) is 37.1. The molecule has 0 spiro atoms. The first-order valence-corrected chi connectivity index (χ1v) is 6.76. The van der Waals surface area contributed by atoms with Crippen LogP contribution < -0.4 is 17.0 Å². The standard InChI is InChI=1S/C13H12BrN3O4/c1-6(10(15)18)17-12(20)9(11(19)16-13(17)21)7-4-2-3-5-8(7)14/h2-6,20H,1H3,(H2,15,18)(H,16,19,21). The van der Waals surface area contributed by atoms with Gasteiger partial charge in [0, 0.05) is 10.0 Å². The lowest BCUT2D eigenvalue weighted by Crippen LogP contribution is -2.37. The van der Waals surface area contributed by atoms with Gasteiger partial charge in [-0.05, 0) is 13.0 Å². The number of H-pyrrole nitrogens is 1. The van der Waals surface area contributed by atoms with Crippen molar-refractivity contribution in [2.45, 2.75) is 13.0 Å². The second-order valence-electron chi connectivity index (χ2n) is 4.39. The number of hydrogen-bond donors (Lipinski definition) is 3. The number of carbonyl (C=O) groups excluding carboxylic acids is 1. The summed E-state index contributed by atoms with van der Waals surface area (Å²) >= 11 is 3.27. The number of hydrogen-bond acceptors (Lipinski definition) is 4. The lowest BCUT2D eigenvalue weighted by molar-refractivity contribution is -0.120. The molecule has 2 aromatic rings. The van der Waals surface area contributed by atoms with E-state index in [1.165, 1.54) is 6.92 Å². The highest BCUT2D eigenvalue weighted by Crippen LogP contribution is 2.31. The molecule has 0 fully saturated rings. The maximum atomic E-state index is 12.0. The van der Waals surface area contributed by atoms with E-state index < -0.39 is 29.1 Å². The number of aromatic hydroxyl groups is 1. The predicted octanol–water partition coefficient (Wildman–Crippen LogP) is 0.718. The van der Waals surface area contributed by atoms with Gasteiger partial charge in [0.2, 0.25) is 11.8 Å². The minimum Gasteiger partial charge on any atom is -0.494 e. The Hall–Kier alpha value is -2.35. The number of halogens is 1. The highest BCUT2D eigenvalue weighted by atomic mass is 79.9. The van der Waals surface area contributed by atoms with Crippen molar-refractivity contribution in [1.82, 2.24) is 9.55 Å². The Morgan fingerprint density at radius 3 is 2.57 bits per heavy atom. The van der Waals surface area contributed by atoms with Gasteiger partial charge in [-0.2, -0.15) is 0 Å². The van der Waals surface area contributed by atoms with Crippen molar-refractivity contribution < 1.29 is 9.90 Å². The average molecular weight is 354 g/mol. The van der Waals surface area contributed by atoms with Crippen LogP contribution in [0.5, 0.6) is 5.88 Å². The quantitative estimate of drug-likeness (QED) is 0.753. The summed E-state index contributed by atoms with van der Waals surface area (Å²) < 4.78 is 1.31.